The Morgan fingerprint density at radius 1 is 1.25 bits per heavy atom. The normalized spacial score (nSPS) is 12.4. The van der Waals surface area contributed by atoms with E-state index in [0.717, 1.165) is 19.6 Å². The first-order chi connectivity index (χ1) is 5.74. The van der Waals surface area contributed by atoms with Crippen LogP contribution in [0.15, 0.2) is 0 Å². The van der Waals surface area contributed by atoms with Crippen LogP contribution in [-0.4, -0.2) is 35.7 Å². The zero-order chi connectivity index (χ0) is 9.40. The molecule has 0 aromatic heterocycles. The van der Waals surface area contributed by atoms with Crippen molar-refractivity contribution in [3.05, 3.63) is 0 Å². The minimum Gasteiger partial charge on any atom is -0.380 e. The highest BCUT2D eigenvalue weighted by molar-refractivity contribution is 5.05. The fourth-order valence-electron chi connectivity index (χ4n) is 0.825. The maximum atomic E-state index is 9.12. The van der Waals surface area contributed by atoms with Crippen molar-refractivity contribution in [2.75, 3.05) is 19.6 Å². The van der Waals surface area contributed by atoms with Crippen LogP contribution in [0.4, 0.5) is 0 Å². The second-order valence-electron chi connectivity index (χ2n) is 2.71. The number of aliphatic hydroxyl groups is 1. The van der Waals surface area contributed by atoms with Gasteiger partial charge < -0.3 is 5.11 Å². The molecule has 0 aliphatic carbocycles. The number of hydrogen-bond acceptors (Lipinski definition) is 2. The third-order valence-electron chi connectivity index (χ3n) is 1.85. The van der Waals surface area contributed by atoms with Crippen LogP contribution in [0.1, 0.15) is 27.2 Å². The number of nitrogens with zero attached hydrogens (tertiary/aromatic N) is 1. The standard InChI is InChI=1S/C10H19NO/c1-4-10(12)8-7-9-11(5-2)6-3/h10,12H,4-6,9H2,1-3H3. The predicted octanol–water partition coefficient (Wildman–Crippen LogP) is 1.10. The Morgan fingerprint density at radius 3 is 2.25 bits per heavy atom. The van der Waals surface area contributed by atoms with E-state index >= 15 is 0 Å². The Labute approximate surface area is 75.6 Å². The molecule has 0 saturated heterocycles. The van der Waals surface area contributed by atoms with E-state index in [4.69, 9.17) is 5.11 Å². The second kappa shape index (κ2) is 7.15. The molecule has 2 nitrogen and oxygen atoms in total. The van der Waals surface area contributed by atoms with Crippen molar-refractivity contribution in [2.45, 2.75) is 33.3 Å². The van der Waals surface area contributed by atoms with Crippen LogP contribution < -0.4 is 0 Å². The summed E-state index contributed by atoms with van der Waals surface area (Å²) in [4.78, 5) is 2.22. The first-order valence-electron chi connectivity index (χ1n) is 4.63. The van der Waals surface area contributed by atoms with Crippen LogP contribution in [0.3, 0.4) is 0 Å². The molecular formula is C10H19NO. The summed E-state index contributed by atoms with van der Waals surface area (Å²) >= 11 is 0. The van der Waals surface area contributed by atoms with Crippen molar-refractivity contribution in [1.29, 1.82) is 0 Å². The van der Waals surface area contributed by atoms with Gasteiger partial charge in [0.25, 0.3) is 0 Å². The fourth-order valence-corrected chi connectivity index (χ4v) is 0.825. The molecule has 0 radical (unpaired) electrons. The molecule has 12 heavy (non-hydrogen) atoms. The molecule has 0 amide bonds. The van der Waals surface area contributed by atoms with Gasteiger partial charge in [0, 0.05) is 0 Å². The Kier molecular flexibility index (Phi) is 6.84. The molecular weight excluding hydrogens is 150 g/mol. The number of hydrogen-bond donors (Lipinski definition) is 1. The summed E-state index contributed by atoms with van der Waals surface area (Å²) in [5.41, 5.74) is 0. The van der Waals surface area contributed by atoms with Gasteiger partial charge in [0.2, 0.25) is 0 Å². The van der Waals surface area contributed by atoms with Crippen molar-refractivity contribution in [1.82, 2.24) is 4.90 Å². The van der Waals surface area contributed by atoms with Gasteiger partial charge in [-0.05, 0) is 19.5 Å². The molecule has 1 unspecified atom stereocenters. The van der Waals surface area contributed by atoms with Crippen LogP contribution >= 0.6 is 0 Å². The lowest BCUT2D eigenvalue weighted by molar-refractivity contribution is 0.228. The third kappa shape index (κ3) is 5.17. The molecule has 0 spiro atoms. The minimum atomic E-state index is -0.444. The minimum absolute atomic E-state index is 0.444. The highest BCUT2D eigenvalue weighted by Crippen LogP contribution is 1.87. The zero-order valence-electron chi connectivity index (χ0n) is 8.30. The van der Waals surface area contributed by atoms with E-state index in [0.29, 0.717) is 6.42 Å². The molecule has 2 heteroatoms. The lowest BCUT2D eigenvalue weighted by Gasteiger charge is -2.13. The van der Waals surface area contributed by atoms with Gasteiger partial charge in [0.15, 0.2) is 0 Å². The van der Waals surface area contributed by atoms with Gasteiger partial charge in [-0.25, -0.2) is 0 Å². The molecule has 0 aliphatic heterocycles. The van der Waals surface area contributed by atoms with Crippen molar-refractivity contribution in [3.63, 3.8) is 0 Å². The molecule has 0 aliphatic rings. The smallest absolute Gasteiger partial charge is 0.114 e. The first kappa shape index (κ1) is 11.5. The monoisotopic (exact) mass is 169 g/mol. The van der Waals surface area contributed by atoms with Crippen LogP contribution in [-0.2, 0) is 0 Å². The van der Waals surface area contributed by atoms with E-state index in [-0.39, 0.29) is 0 Å². The van der Waals surface area contributed by atoms with E-state index in [2.05, 4.69) is 30.6 Å². The lowest BCUT2D eigenvalue weighted by Crippen LogP contribution is -2.23. The molecule has 0 bridgehead atoms. The second-order valence-corrected chi connectivity index (χ2v) is 2.71. The highest BCUT2D eigenvalue weighted by atomic mass is 16.3. The van der Waals surface area contributed by atoms with Gasteiger partial charge in [-0.15, -0.1) is 0 Å². The average molecular weight is 169 g/mol. The van der Waals surface area contributed by atoms with E-state index in [1.54, 1.807) is 0 Å². The quantitative estimate of drug-likeness (QED) is 0.637. The summed E-state index contributed by atoms with van der Waals surface area (Å²) in [7, 11) is 0. The molecule has 0 aromatic carbocycles. The van der Waals surface area contributed by atoms with Crippen molar-refractivity contribution in [2.24, 2.45) is 0 Å². The molecule has 0 saturated carbocycles. The van der Waals surface area contributed by atoms with Gasteiger partial charge in [0.1, 0.15) is 6.10 Å². The summed E-state index contributed by atoms with van der Waals surface area (Å²) in [5.74, 6) is 5.76. The Hall–Kier alpha value is -0.520. The van der Waals surface area contributed by atoms with Gasteiger partial charge in [-0.1, -0.05) is 32.6 Å². The van der Waals surface area contributed by atoms with Crippen molar-refractivity contribution < 1.29 is 5.11 Å². The van der Waals surface area contributed by atoms with Gasteiger partial charge in [-0.3, -0.25) is 4.90 Å². The van der Waals surface area contributed by atoms with Gasteiger partial charge in [0.05, 0.1) is 6.54 Å². The number of aliphatic hydroxyl groups excluding tert-OH is 1. The summed E-state index contributed by atoms with van der Waals surface area (Å²) in [6.07, 6.45) is 0.270. The maximum absolute atomic E-state index is 9.12. The van der Waals surface area contributed by atoms with Crippen LogP contribution in [0.2, 0.25) is 0 Å². The lowest BCUT2D eigenvalue weighted by atomic mass is 10.3. The van der Waals surface area contributed by atoms with Gasteiger partial charge in [-0.2, -0.15) is 0 Å². The van der Waals surface area contributed by atoms with Crippen molar-refractivity contribution >= 4 is 0 Å². The Morgan fingerprint density at radius 2 is 1.83 bits per heavy atom. The Balaban J connectivity index is 3.67. The SMILES string of the molecule is CCC(O)C#CCN(CC)CC. The van der Waals surface area contributed by atoms with Crippen LogP contribution in [0, 0.1) is 11.8 Å². The maximum Gasteiger partial charge on any atom is 0.114 e. The van der Waals surface area contributed by atoms with Crippen LogP contribution in [0.25, 0.3) is 0 Å². The molecule has 70 valence electrons. The fraction of sp³-hybridized carbons (Fsp3) is 0.800. The molecule has 1 N–H and O–H groups in total. The van der Waals surface area contributed by atoms with E-state index in [1.165, 1.54) is 0 Å². The third-order valence-corrected chi connectivity index (χ3v) is 1.85. The van der Waals surface area contributed by atoms with E-state index < -0.39 is 6.10 Å². The molecule has 0 heterocycles. The Bertz CT molecular complexity index is 153. The molecule has 0 aromatic rings. The number of rotatable bonds is 4. The van der Waals surface area contributed by atoms with Crippen LogP contribution in [0.5, 0.6) is 0 Å². The summed E-state index contributed by atoms with van der Waals surface area (Å²) in [6, 6.07) is 0. The first-order valence-corrected chi connectivity index (χ1v) is 4.63. The molecule has 0 fully saturated rings. The van der Waals surface area contributed by atoms with Crippen molar-refractivity contribution in [3.8, 4) is 11.8 Å². The summed E-state index contributed by atoms with van der Waals surface area (Å²) in [6.45, 7) is 8.96. The van der Waals surface area contributed by atoms with E-state index in [1.807, 2.05) is 6.92 Å². The summed E-state index contributed by atoms with van der Waals surface area (Å²) in [5, 5.41) is 9.12. The van der Waals surface area contributed by atoms with E-state index in [9.17, 15) is 0 Å². The average Bonchev–Trinajstić information content (AvgIpc) is 2.12. The topological polar surface area (TPSA) is 23.5 Å². The zero-order valence-corrected chi connectivity index (χ0v) is 8.30. The molecule has 1 atom stereocenters. The highest BCUT2D eigenvalue weighted by Gasteiger charge is 1.94. The predicted molar refractivity (Wildman–Crippen MR) is 51.9 cm³/mol. The molecule has 0 rings (SSSR count). The summed E-state index contributed by atoms with van der Waals surface area (Å²) < 4.78 is 0. The largest absolute Gasteiger partial charge is 0.380 e. The van der Waals surface area contributed by atoms with Gasteiger partial charge >= 0.3 is 0 Å².